The maximum absolute atomic E-state index is 5.85. The van der Waals surface area contributed by atoms with Crippen LogP contribution in [0.1, 0.15) is 33.4 Å². The Hall–Kier alpha value is -5.19. The monoisotopic (exact) mass is 610 g/mol. The van der Waals surface area contributed by atoms with Gasteiger partial charge in [-0.2, -0.15) is 0 Å². The largest absolute Gasteiger partial charge is 0.489 e. The first-order valence-corrected chi connectivity index (χ1v) is 15.3. The van der Waals surface area contributed by atoms with Crippen LogP contribution in [0.3, 0.4) is 0 Å². The average molecular weight is 611 g/mol. The van der Waals surface area contributed by atoms with Crippen LogP contribution >= 0.6 is 11.6 Å². The molecular weight excluding hydrogens is 576 g/mol. The van der Waals surface area contributed by atoms with Gasteiger partial charge in [0.25, 0.3) is 0 Å². The van der Waals surface area contributed by atoms with Gasteiger partial charge in [-0.15, -0.1) is 0 Å². The highest BCUT2D eigenvalue weighted by atomic mass is 35.5. The number of halogens is 1. The van der Waals surface area contributed by atoms with Crippen molar-refractivity contribution in [1.29, 1.82) is 0 Å². The molecule has 5 heteroatoms. The number of benzene rings is 4. The van der Waals surface area contributed by atoms with Gasteiger partial charge < -0.3 is 9.47 Å². The molecule has 6 aromatic rings. The van der Waals surface area contributed by atoms with Crippen LogP contribution in [0.2, 0.25) is 5.02 Å². The molecule has 0 saturated carbocycles. The molecule has 0 aliphatic heterocycles. The van der Waals surface area contributed by atoms with E-state index in [0.717, 1.165) is 41.0 Å². The standard InChI is InChI=1S/C20H16ClNO.C20H19NO/c21-19-7-9-20(10-8-19)23-15-18-5-3-16(4-6-18)1-2-17-11-13-22-14-12-17;1-2-4-20(5-3-1)22-16-19-10-8-17(9-11-19)6-7-18-12-14-21-15-13-18/h1-14H,15H2;1-5,8-15H,6-7,16H2. The number of hydrogen-bond acceptors (Lipinski definition) is 4. The van der Waals surface area contributed by atoms with Crippen molar-refractivity contribution >= 4 is 23.8 Å². The van der Waals surface area contributed by atoms with E-state index in [1.165, 1.54) is 16.7 Å². The number of nitrogens with zero attached hydrogens (tertiary/aromatic N) is 2. The predicted molar refractivity (Wildman–Crippen MR) is 184 cm³/mol. The molecule has 0 atom stereocenters. The Kier molecular flexibility index (Phi) is 11.9. The van der Waals surface area contributed by atoms with Gasteiger partial charge in [-0.1, -0.05) is 90.5 Å². The van der Waals surface area contributed by atoms with Crippen molar-refractivity contribution < 1.29 is 9.47 Å². The van der Waals surface area contributed by atoms with Crippen LogP contribution in [0.15, 0.2) is 152 Å². The van der Waals surface area contributed by atoms with E-state index in [-0.39, 0.29) is 0 Å². The van der Waals surface area contributed by atoms with Crippen molar-refractivity contribution in [3.63, 3.8) is 0 Å². The summed E-state index contributed by atoms with van der Waals surface area (Å²) in [4.78, 5) is 8.05. The molecule has 2 heterocycles. The summed E-state index contributed by atoms with van der Waals surface area (Å²) in [5, 5.41) is 0.711. The molecule has 0 fully saturated rings. The average Bonchev–Trinajstić information content (AvgIpc) is 3.11. The molecule has 0 unspecified atom stereocenters. The summed E-state index contributed by atoms with van der Waals surface area (Å²) in [6, 6.07) is 42.4. The molecule has 224 valence electrons. The molecule has 0 amide bonds. The summed E-state index contributed by atoms with van der Waals surface area (Å²) in [5.74, 6) is 1.72. The first-order chi connectivity index (χ1) is 22.2. The second-order valence-corrected chi connectivity index (χ2v) is 10.8. The van der Waals surface area contributed by atoms with E-state index in [1.807, 2.05) is 79.1 Å². The van der Waals surface area contributed by atoms with Crippen LogP contribution in [-0.2, 0) is 26.1 Å². The number of hydrogen-bond donors (Lipinski definition) is 0. The highest BCUT2D eigenvalue weighted by molar-refractivity contribution is 6.30. The van der Waals surface area contributed by atoms with Gasteiger partial charge >= 0.3 is 0 Å². The zero-order valence-electron chi connectivity index (χ0n) is 25.0. The topological polar surface area (TPSA) is 44.2 Å². The number of aryl methyl sites for hydroxylation is 2. The van der Waals surface area contributed by atoms with Crippen LogP contribution in [0.4, 0.5) is 0 Å². The number of ether oxygens (including phenoxy) is 2. The zero-order valence-corrected chi connectivity index (χ0v) is 25.8. The lowest BCUT2D eigenvalue weighted by atomic mass is 10.0. The number of aromatic nitrogens is 2. The quantitative estimate of drug-likeness (QED) is 0.146. The van der Waals surface area contributed by atoms with Crippen LogP contribution in [0.5, 0.6) is 11.5 Å². The molecule has 0 aliphatic carbocycles. The summed E-state index contributed by atoms with van der Waals surface area (Å²) in [6.07, 6.45) is 13.5. The first kappa shape index (κ1) is 31.2. The van der Waals surface area contributed by atoms with Crippen molar-refractivity contribution in [3.05, 3.63) is 191 Å². The van der Waals surface area contributed by atoms with E-state index in [0.29, 0.717) is 18.2 Å². The van der Waals surface area contributed by atoms with Crippen LogP contribution in [0.25, 0.3) is 12.2 Å². The summed E-state index contributed by atoms with van der Waals surface area (Å²) >= 11 is 5.85. The summed E-state index contributed by atoms with van der Waals surface area (Å²) in [5.41, 5.74) is 7.27. The van der Waals surface area contributed by atoms with E-state index in [1.54, 1.807) is 12.4 Å². The van der Waals surface area contributed by atoms with Crippen molar-refractivity contribution in [1.82, 2.24) is 9.97 Å². The number of rotatable bonds is 11. The molecule has 4 aromatic carbocycles. The van der Waals surface area contributed by atoms with Crippen molar-refractivity contribution in [2.45, 2.75) is 26.1 Å². The second kappa shape index (κ2) is 17.2. The SMILES string of the molecule is Clc1ccc(OCc2ccc(C=Cc3ccncc3)cc2)cc1.c1ccc(OCc2ccc(CCc3ccncc3)cc2)cc1. The minimum atomic E-state index is 0.538. The summed E-state index contributed by atoms with van der Waals surface area (Å²) in [7, 11) is 0. The van der Waals surface area contributed by atoms with Gasteiger partial charge in [-0.25, -0.2) is 0 Å². The third-order valence-electron chi connectivity index (χ3n) is 7.00. The van der Waals surface area contributed by atoms with E-state index in [4.69, 9.17) is 21.1 Å². The summed E-state index contributed by atoms with van der Waals surface area (Å²) in [6.45, 7) is 1.14. The fourth-order valence-corrected chi connectivity index (χ4v) is 4.54. The molecule has 0 aliphatic rings. The highest BCUT2D eigenvalue weighted by Crippen LogP contribution is 2.18. The number of pyridine rings is 2. The molecule has 0 saturated heterocycles. The molecule has 0 spiro atoms. The molecule has 0 bridgehead atoms. The van der Waals surface area contributed by atoms with Crippen molar-refractivity contribution in [3.8, 4) is 11.5 Å². The second-order valence-electron chi connectivity index (χ2n) is 10.4. The van der Waals surface area contributed by atoms with Gasteiger partial charge in [0.2, 0.25) is 0 Å². The van der Waals surface area contributed by atoms with Crippen molar-refractivity contribution in [2.75, 3.05) is 0 Å². The van der Waals surface area contributed by atoms with Crippen molar-refractivity contribution in [2.24, 2.45) is 0 Å². The molecule has 0 radical (unpaired) electrons. The predicted octanol–water partition coefficient (Wildman–Crippen LogP) is 9.93. The molecule has 6 rings (SSSR count). The molecule has 0 N–H and O–H groups in total. The van der Waals surface area contributed by atoms with Gasteiger partial charge in [0.1, 0.15) is 24.7 Å². The summed E-state index contributed by atoms with van der Waals surface area (Å²) < 4.78 is 11.5. The Balaban J connectivity index is 0.000000178. The van der Waals surface area contributed by atoms with Gasteiger partial charge in [0, 0.05) is 29.8 Å². The maximum Gasteiger partial charge on any atom is 0.119 e. The number of para-hydroxylation sites is 1. The lowest BCUT2D eigenvalue weighted by molar-refractivity contribution is 0.306. The van der Waals surface area contributed by atoms with E-state index < -0.39 is 0 Å². The Morgan fingerprint density at radius 2 is 0.889 bits per heavy atom. The lowest BCUT2D eigenvalue weighted by Crippen LogP contribution is -1.96. The smallest absolute Gasteiger partial charge is 0.119 e. The first-order valence-electron chi connectivity index (χ1n) is 14.9. The zero-order chi connectivity index (χ0) is 30.9. The van der Waals surface area contributed by atoms with Gasteiger partial charge in [-0.3, -0.25) is 9.97 Å². The van der Waals surface area contributed by atoms with E-state index in [2.05, 4.69) is 82.8 Å². The molecule has 2 aromatic heterocycles. The Morgan fingerprint density at radius 1 is 0.444 bits per heavy atom. The lowest BCUT2D eigenvalue weighted by Gasteiger charge is -2.07. The van der Waals surface area contributed by atoms with Gasteiger partial charge in [0.15, 0.2) is 0 Å². The maximum atomic E-state index is 5.85. The van der Waals surface area contributed by atoms with E-state index >= 15 is 0 Å². The van der Waals surface area contributed by atoms with Gasteiger partial charge in [-0.05, 0) is 107 Å². The van der Waals surface area contributed by atoms with Crippen LogP contribution in [0, 0.1) is 0 Å². The Bertz CT molecular complexity index is 1650. The third-order valence-corrected chi connectivity index (χ3v) is 7.25. The van der Waals surface area contributed by atoms with Crippen LogP contribution < -0.4 is 9.47 Å². The Morgan fingerprint density at radius 3 is 1.47 bits per heavy atom. The van der Waals surface area contributed by atoms with Gasteiger partial charge in [0.05, 0.1) is 0 Å². The molecular formula is C40H35ClN2O2. The fraction of sp³-hybridized carbons (Fsp3) is 0.100. The van der Waals surface area contributed by atoms with Crippen LogP contribution in [-0.4, -0.2) is 9.97 Å². The van der Waals surface area contributed by atoms with E-state index in [9.17, 15) is 0 Å². The highest BCUT2D eigenvalue weighted by Gasteiger charge is 1.99. The normalized spacial score (nSPS) is 10.6. The minimum Gasteiger partial charge on any atom is -0.489 e. The molecule has 4 nitrogen and oxygen atoms in total. The Labute approximate surface area is 270 Å². The molecule has 45 heavy (non-hydrogen) atoms. The minimum absolute atomic E-state index is 0.538. The third kappa shape index (κ3) is 11.1. The fourth-order valence-electron chi connectivity index (χ4n) is 4.41.